The summed E-state index contributed by atoms with van der Waals surface area (Å²) >= 11 is 0. The number of hydrogen-bond donors (Lipinski definition) is 1. The van der Waals surface area contributed by atoms with E-state index in [-0.39, 0.29) is 24.5 Å². The summed E-state index contributed by atoms with van der Waals surface area (Å²) in [6, 6.07) is 9.52. The summed E-state index contributed by atoms with van der Waals surface area (Å²) in [6.07, 6.45) is 0. The molecule has 1 heterocycles. The van der Waals surface area contributed by atoms with Gasteiger partial charge in [0.05, 0.1) is 45.1 Å². The van der Waals surface area contributed by atoms with Crippen molar-refractivity contribution in [3.8, 4) is 17.2 Å². The lowest BCUT2D eigenvalue weighted by atomic mass is 9.93. The highest BCUT2D eigenvalue weighted by Crippen LogP contribution is 2.46. The molecule has 2 aromatic carbocycles. The van der Waals surface area contributed by atoms with Crippen LogP contribution in [0.5, 0.6) is 17.2 Å². The number of aryl methyl sites for hydroxylation is 1. The van der Waals surface area contributed by atoms with E-state index in [1.807, 2.05) is 13.0 Å². The average Bonchev–Trinajstić information content (AvgIpc) is 3.06. The number of rotatable bonds is 8. The van der Waals surface area contributed by atoms with Crippen LogP contribution in [-0.2, 0) is 14.3 Å². The molecule has 1 amide bonds. The molecule has 8 heteroatoms. The Morgan fingerprint density at radius 1 is 1.00 bits per heavy atom. The Bertz CT molecular complexity index is 1060. The molecule has 2 aromatic rings. The molecule has 0 aromatic heterocycles. The molecule has 0 aliphatic carbocycles. The first-order valence-electron chi connectivity index (χ1n) is 10.0. The number of ether oxygens (including phenoxy) is 4. The largest absolute Gasteiger partial charge is 0.507 e. The van der Waals surface area contributed by atoms with Gasteiger partial charge in [-0.1, -0.05) is 23.8 Å². The van der Waals surface area contributed by atoms with Gasteiger partial charge in [0.1, 0.15) is 11.5 Å². The Morgan fingerprint density at radius 3 is 2.34 bits per heavy atom. The predicted molar refractivity (Wildman–Crippen MR) is 118 cm³/mol. The number of ketones is 1. The van der Waals surface area contributed by atoms with Crippen LogP contribution in [0, 0.1) is 6.92 Å². The Morgan fingerprint density at radius 2 is 1.72 bits per heavy atom. The number of nitrogens with zero attached hydrogens (tertiary/aromatic N) is 1. The first-order chi connectivity index (χ1) is 15.4. The van der Waals surface area contributed by atoms with E-state index in [1.54, 1.807) is 30.3 Å². The lowest BCUT2D eigenvalue weighted by molar-refractivity contribution is -0.140. The summed E-state index contributed by atoms with van der Waals surface area (Å²) in [6.45, 7) is 2.22. The molecule has 1 unspecified atom stereocenters. The number of amides is 1. The number of Topliss-reactive ketones (excluding diaryl/α,β-unsaturated/α-hetero) is 1. The normalized spacial score (nSPS) is 17.5. The monoisotopic (exact) mass is 441 g/mol. The van der Waals surface area contributed by atoms with Crippen molar-refractivity contribution < 1.29 is 33.6 Å². The Balaban J connectivity index is 2.31. The van der Waals surface area contributed by atoms with Gasteiger partial charge >= 0.3 is 0 Å². The Hall–Kier alpha value is -3.52. The van der Waals surface area contributed by atoms with Crippen LogP contribution in [0.4, 0.5) is 0 Å². The van der Waals surface area contributed by atoms with Gasteiger partial charge in [-0.15, -0.1) is 0 Å². The van der Waals surface area contributed by atoms with Crippen molar-refractivity contribution in [3.05, 3.63) is 58.7 Å². The first kappa shape index (κ1) is 23.1. The number of aliphatic hydroxyl groups is 1. The van der Waals surface area contributed by atoms with Crippen molar-refractivity contribution in [2.75, 3.05) is 41.6 Å². The third-order valence-electron chi connectivity index (χ3n) is 5.41. The van der Waals surface area contributed by atoms with Crippen molar-refractivity contribution in [3.63, 3.8) is 0 Å². The number of hydrogen-bond acceptors (Lipinski definition) is 7. The molecule has 3 rings (SSSR count). The van der Waals surface area contributed by atoms with E-state index in [4.69, 9.17) is 18.9 Å². The van der Waals surface area contributed by atoms with Crippen LogP contribution in [0.25, 0.3) is 5.76 Å². The molecule has 8 nitrogen and oxygen atoms in total. The number of para-hydroxylation sites is 1. The number of carbonyl (C=O) groups is 2. The SMILES string of the molecule is COCCN1C(=O)C(=O)/C(=C(/O)c2cc(C)ccc2OC)C1c1cccc(OC)c1OC. The summed E-state index contributed by atoms with van der Waals surface area (Å²) in [5.41, 5.74) is 1.64. The van der Waals surface area contributed by atoms with Gasteiger partial charge in [-0.25, -0.2) is 0 Å². The van der Waals surface area contributed by atoms with Gasteiger partial charge in [-0.2, -0.15) is 0 Å². The standard InChI is InChI=1S/C24H27NO7/c1-14-9-10-17(30-3)16(13-14)21(26)19-20(25(11-12-29-2)24(28)22(19)27)15-7-6-8-18(31-4)23(15)32-5/h6-10,13,20,26H,11-12H2,1-5H3/b21-19+. The smallest absolute Gasteiger partial charge is 0.295 e. The van der Waals surface area contributed by atoms with Crippen molar-refractivity contribution in [1.82, 2.24) is 4.90 Å². The molecule has 1 fully saturated rings. The van der Waals surface area contributed by atoms with Gasteiger partial charge in [-0.05, 0) is 25.1 Å². The van der Waals surface area contributed by atoms with E-state index in [1.165, 1.54) is 33.3 Å². The van der Waals surface area contributed by atoms with Crippen molar-refractivity contribution >= 4 is 17.4 Å². The van der Waals surface area contributed by atoms with Crippen LogP contribution in [-0.4, -0.2) is 63.3 Å². The molecule has 0 saturated carbocycles. The van der Waals surface area contributed by atoms with Crippen LogP contribution in [0.2, 0.25) is 0 Å². The van der Waals surface area contributed by atoms with E-state index < -0.39 is 17.7 Å². The minimum absolute atomic E-state index is 0.0541. The zero-order valence-electron chi connectivity index (χ0n) is 18.8. The van der Waals surface area contributed by atoms with Crippen molar-refractivity contribution in [1.29, 1.82) is 0 Å². The van der Waals surface area contributed by atoms with Crippen molar-refractivity contribution in [2.24, 2.45) is 0 Å². The second-order valence-electron chi connectivity index (χ2n) is 7.27. The molecular formula is C24H27NO7. The third-order valence-corrected chi connectivity index (χ3v) is 5.41. The zero-order valence-corrected chi connectivity index (χ0v) is 18.8. The molecule has 170 valence electrons. The van der Waals surface area contributed by atoms with Gasteiger partial charge in [0.25, 0.3) is 11.7 Å². The van der Waals surface area contributed by atoms with E-state index in [2.05, 4.69) is 0 Å². The van der Waals surface area contributed by atoms with Crippen LogP contribution < -0.4 is 14.2 Å². The molecule has 1 atom stereocenters. The van der Waals surface area contributed by atoms with Crippen molar-refractivity contribution in [2.45, 2.75) is 13.0 Å². The molecule has 0 spiro atoms. The Labute approximate surface area is 187 Å². The van der Waals surface area contributed by atoms with Gasteiger partial charge in [-0.3, -0.25) is 9.59 Å². The molecule has 1 saturated heterocycles. The molecule has 1 aliphatic rings. The highest BCUT2D eigenvalue weighted by Gasteiger charge is 2.47. The highest BCUT2D eigenvalue weighted by molar-refractivity contribution is 6.46. The molecule has 0 bridgehead atoms. The van der Waals surface area contributed by atoms with Gasteiger partial charge < -0.3 is 29.0 Å². The number of carbonyl (C=O) groups excluding carboxylic acids is 2. The summed E-state index contributed by atoms with van der Waals surface area (Å²) in [5.74, 6) is -0.657. The van der Waals surface area contributed by atoms with Gasteiger partial charge in [0.2, 0.25) is 0 Å². The van der Waals surface area contributed by atoms with Gasteiger partial charge in [0, 0.05) is 19.2 Å². The fourth-order valence-electron chi connectivity index (χ4n) is 3.90. The first-order valence-corrected chi connectivity index (χ1v) is 10.0. The van der Waals surface area contributed by atoms with E-state index in [0.29, 0.717) is 28.4 Å². The van der Waals surface area contributed by atoms with E-state index >= 15 is 0 Å². The molecule has 0 radical (unpaired) electrons. The van der Waals surface area contributed by atoms with Gasteiger partial charge in [0.15, 0.2) is 11.5 Å². The minimum atomic E-state index is -0.902. The van der Waals surface area contributed by atoms with E-state index in [9.17, 15) is 14.7 Å². The van der Waals surface area contributed by atoms with E-state index in [0.717, 1.165) is 5.56 Å². The maximum atomic E-state index is 13.2. The topological polar surface area (TPSA) is 94.5 Å². The number of aliphatic hydroxyl groups excluding tert-OH is 1. The minimum Gasteiger partial charge on any atom is -0.507 e. The van der Waals surface area contributed by atoms with Crippen LogP contribution in [0.1, 0.15) is 22.7 Å². The number of likely N-dealkylation sites (tertiary alicyclic amines) is 1. The third kappa shape index (κ3) is 4.01. The summed E-state index contributed by atoms with van der Waals surface area (Å²) in [7, 11) is 5.96. The molecular weight excluding hydrogens is 414 g/mol. The summed E-state index contributed by atoms with van der Waals surface area (Å²) in [5, 5.41) is 11.3. The second-order valence-corrected chi connectivity index (χ2v) is 7.27. The average molecular weight is 441 g/mol. The highest BCUT2D eigenvalue weighted by atomic mass is 16.5. The number of benzene rings is 2. The fraction of sp³-hybridized carbons (Fsp3) is 0.333. The second kappa shape index (κ2) is 9.74. The summed E-state index contributed by atoms with van der Waals surface area (Å²) < 4.78 is 21.5. The molecule has 1 aliphatic heterocycles. The summed E-state index contributed by atoms with van der Waals surface area (Å²) in [4.78, 5) is 27.5. The maximum Gasteiger partial charge on any atom is 0.295 e. The lowest BCUT2D eigenvalue weighted by Gasteiger charge is -2.27. The van der Waals surface area contributed by atoms with Crippen LogP contribution in [0.15, 0.2) is 42.0 Å². The number of methoxy groups -OCH3 is 4. The maximum absolute atomic E-state index is 13.2. The zero-order chi connectivity index (χ0) is 23.4. The Kier molecular flexibility index (Phi) is 7.05. The molecule has 32 heavy (non-hydrogen) atoms. The van der Waals surface area contributed by atoms with Crippen LogP contribution in [0.3, 0.4) is 0 Å². The quantitative estimate of drug-likeness (QED) is 0.382. The predicted octanol–water partition coefficient (Wildman–Crippen LogP) is 3.09. The molecule has 1 N–H and O–H groups in total. The lowest BCUT2D eigenvalue weighted by Crippen LogP contribution is -2.32. The van der Waals surface area contributed by atoms with Crippen LogP contribution >= 0.6 is 0 Å². The fourth-order valence-corrected chi connectivity index (χ4v) is 3.90.